The molecule has 3 nitrogen and oxygen atoms in total. The van der Waals surface area contributed by atoms with E-state index in [0.717, 1.165) is 31.6 Å². The third-order valence-electron chi connectivity index (χ3n) is 3.64. The van der Waals surface area contributed by atoms with Gasteiger partial charge >= 0.3 is 0 Å². The normalized spacial score (nSPS) is 17.1. The second kappa shape index (κ2) is 5.17. The molecule has 1 aromatic heterocycles. The van der Waals surface area contributed by atoms with Crippen molar-refractivity contribution in [3.8, 4) is 0 Å². The first kappa shape index (κ1) is 12.4. The van der Waals surface area contributed by atoms with E-state index in [1.165, 1.54) is 22.4 Å². The van der Waals surface area contributed by atoms with Gasteiger partial charge in [-0.2, -0.15) is 5.10 Å². The zero-order valence-corrected chi connectivity index (χ0v) is 11.6. The SMILES string of the molecule is C[C](C)CN1CC=C(c2ccc3[nH]ncc3c2)CC1. The molecule has 0 unspecified atom stereocenters. The summed E-state index contributed by atoms with van der Waals surface area (Å²) in [5, 5.41) is 8.27. The number of hydrogen-bond acceptors (Lipinski definition) is 2. The van der Waals surface area contributed by atoms with E-state index in [0.29, 0.717) is 0 Å². The van der Waals surface area contributed by atoms with Crippen LogP contribution < -0.4 is 0 Å². The quantitative estimate of drug-likeness (QED) is 0.911. The first-order valence-corrected chi connectivity index (χ1v) is 6.86. The Morgan fingerprint density at radius 1 is 1.37 bits per heavy atom. The van der Waals surface area contributed by atoms with Crippen molar-refractivity contribution in [2.75, 3.05) is 19.6 Å². The molecule has 0 saturated heterocycles. The number of aromatic amines is 1. The number of hydrogen-bond donors (Lipinski definition) is 1. The molecule has 2 heterocycles. The van der Waals surface area contributed by atoms with Crippen molar-refractivity contribution in [2.24, 2.45) is 0 Å². The van der Waals surface area contributed by atoms with Crippen LogP contribution >= 0.6 is 0 Å². The lowest BCUT2D eigenvalue weighted by Crippen LogP contribution is -2.31. The summed E-state index contributed by atoms with van der Waals surface area (Å²) >= 11 is 0. The van der Waals surface area contributed by atoms with Crippen molar-refractivity contribution in [3.05, 3.63) is 42.0 Å². The number of rotatable bonds is 3. The Kier molecular flexibility index (Phi) is 3.38. The summed E-state index contributed by atoms with van der Waals surface area (Å²) in [6.45, 7) is 7.73. The molecule has 0 spiro atoms. The highest BCUT2D eigenvalue weighted by Gasteiger charge is 2.14. The maximum atomic E-state index is 4.08. The van der Waals surface area contributed by atoms with Gasteiger partial charge in [0.25, 0.3) is 0 Å². The first-order valence-electron chi connectivity index (χ1n) is 6.86. The molecule has 1 aliphatic heterocycles. The second-order valence-electron chi connectivity index (χ2n) is 5.59. The summed E-state index contributed by atoms with van der Waals surface area (Å²) in [6, 6.07) is 6.55. The van der Waals surface area contributed by atoms with Crippen molar-refractivity contribution in [1.29, 1.82) is 0 Å². The zero-order chi connectivity index (χ0) is 13.2. The molecule has 0 fully saturated rings. The van der Waals surface area contributed by atoms with Crippen molar-refractivity contribution in [3.63, 3.8) is 0 Å². The van der Waals surface area contributed by atoms with E-state index in [2.05, 4.69) is 53.2 Å². The largest absolute Gasteiger partial charge is 0.299 e. The van der Waals surface area contributed by atoms with Crippen molar-refractivity contribution >= 4 is 16.5 Å². The highest BCUT2D eigenvalue weighted by Crippen LogP contribution is 2.25. The molecule has 0 aliphatic carbocycles. The Morgan fingerprint density at radius 2 is 2.26 bits per heavy atom. The van der Waals surface area contributed by atoms with Gasteiger partial charge in [0, 0.05) is 25.0 Å². The molecule has 1 N–H and O–H groups in total. The van der Waals surface area contributed by atoms with Crippen molar-refractivity contribution in [1.82, 2.24) is 15.1 Å². The van der Waals surface area contributed by atoms with Crippen LogP contribution in [0.2, 0.25) is 0 Å². The van der Waals surface area contributed by atoms with Crippen LogP contribution in [-0.4, -0.2) is 34.7 Å². The van der Waals surface area contributed by atoms with E-state index in [1.54, 1.807) is 0 Å². The summed E-state index contributed by atoms with van der Waals surface area (Å²) in [5.41, 5.74) is 3.91. The van der Waals surface area contributed by atoms with Gasteiger partial charge in [0.05, 0.1) is 11.7 Å². The molecule has 0 saturated carbocycles. The van der Waals surface area contributed by atoms with E-state index in [-0.39, 0.29) is 0 Å². The van der Waals surface area contributed by atoms with Crippen LogP contribution in [-0.2, 0) is 0 Å². The van der Waals surface area contributed by atoms with Gasteiger partial charge in [0.15, 0.2) is 0 Å². The van der Waals surface area contributed by atoms with Gasteiger partial charge in [-0.15, -0.1) is 0 Å². The van der Waals surface area contributed by atoms with Gasteiger partial charge in [-0.3, -0.25) is 10.00 Å². The average molecular weight is 254 g/mol. The summed E-state index contributed by atoms with van der Waals surface area (Å²) in [7, 11) is 0. The number of nitrogens with zero attached hydrogens (tertiary/aromatic N) is 2. The third kappa shape index (κ3) is 2.71. The molecule has 19 heavy (non-hydrogen) atoms. The Bertz CT molecular complexity index is 595. The molecule has 0 amide bonds. The lowest BCUT2D eigenvalue weighted by Gasteiger charge is -2.27. The number of benzene rings is 1. The van der Waals surface area contributed by atoms with Gasteiger partial charge in [-0.25, -0.2) is 0 Å². The molecular formula is C16H20N3. The van der Waals surface area contributed by atoms with Crippen molar-refractivity contribution in [2.45, 2.75) is 20.3 Å². The molecule has 1 aromatic carbocycles. The highest BCUT2D eigenvalue weighted by molar-refractivity contribution is 5.83. The van der Waals surface area contributed by atoms with Crippen LogP contribution in [0.3, 0.4) is 0 Å². The standard InChI is InChI=1S/C16H20N3/c1-12(2)11-19-7-5-13(6-8-19)14-3-4-16-15(9-14)10-17-18-16/h3-5,9-10H,6-8,11H2,1-2H3,(H,17,18). The maximum absolute atomic E-state index is 4.08. The van der Waals surface area contributed by atoms with Crippen LogP contribution in [0.4, 0.5) is 0 Å². The summed E-state index contributed by atoms with van der Waals surface area (Å²) in [5.74, 6) is 1.48. The Morgan fingerprint density at radius 3 is 3.00 bits per heavy atom. The van der Waals surface area contributed by atoms with Gasteiger partial charge in [-0.1, -0.05) is 26.0 Å². The predicted octanol–water partition coefficient (Wildman–Crippen LogP) is 3.27. The van der Waals surface area contributed by atoms with Gasteiger partial charge in [-0.05, 0) is 35.6 Å². The molecular weight excluding hydrogens is 234 g/mol. The number of fused-ring (bicyclic) bond motifs is 1. The molecule has 1 radical (unpaired) electrons. The lowest BCUT2D eigenvalue weighted by atomic mass is 9.98. The van der Waals surface area contributed by atoms with Crippen molar-refractivity contribution < 1.29 is 0 Å². The lowest BCUT2D eigenvalue weighted by molar-refractivity contribution is 0.313. The average Bonchev–Trinajstić information content (AvgIpc) is 2.86. The van der Waals surface area contributed by atoms with E-state index >= 15 is 0 Å². The molecule has 3 rings (SSSR count). The second-order valence-corrected chi connectivity index (χ2v) is 5.59. The third-order valence-corrected chi connectivity index (χ3v) is 3.64. The minimum Gasteiger partial charge on any atom is -0.299 e. The maximum Gasteiger partial charge on any atom is 0.0650 e. The molecule has 3 heteroatoms. The predicted molar refractivity (Wildman–Crippen MR) is 79.7 cm³/mol. The Hall–Kier alpha value is -1.61. The van der Waals surface area contributed by atoms with Crippen LogP contribution in [0, 0.1) is 5.92 Å². The summed E-state index contributed by atoms with van der Waals surface area (Å²) in [6.07, 6.45) is 5.40. The van der Waals surface area contributed by atoms with Crippen LogP contribution in [0.25, 0.3) is 16.5 Å². The number of H-pyrrole nitrogens is 1. The van der Waals surface area contributed by atoms with Crippen LogP contribution in [0.5, 0.6) is 0 Å². The monoisotopic (exact) mass is 254 g/mol. The number of nitrogens with one attached hydrogen (secondary N) is 1. The Labute approximate surface area is 114 Å². The zero-order valence-electron chi connectivity index (χ0n) is 11.6. The topological polar surface area (TPSA) is 31.9 Å². The first-order chi connectivity index (χ1) is 9.22. The fourth-order valence-corrected chi connectivity index (χ4v) is 2.71. The van der Waals surface area contributed by atoms with Gasteiger partial charge in [0.2, 0.25) is 0 Å². The molecule has 0 atom stereocenters. The van der Waals surface area contributed by atoms with E-state index in [1.807, 2.05) is 6.20 Å². The van der Waals surface area contributed by atoms with Crippen LogP contribution in [0.15, 0.2) is 30.5 Å². The molecule has 1 aliphatic rings. The number of aromatic nitrogens is 2. The highest BCUT2D eigenvalue weighted by atomic mass is 15.1. The van der Waals surface area contributed by atoms with Gasteiger partial charge < -0.3 is 0 Å². The molecule has 99 valence electrons. The smallest absolute Gasteiger partial charge is 0.0650 e. The van der Waals surface area contributed by atoms with Crippen LogP contribution in [0.1, 0.15) is 25.8 Å². The fourth-order valence-electron chi connectivity index (χ4n) is 2.71. The van der Waals surface area contributed by atoms with E-state index in [9.17, 15) is 0 Å². The summed E-state index contributed by atoms with van der Waals surface area (Å²) < 4.78 is 0. The minimum absolute atomic E-state index is 1.06. The minimum atomic E-state index is 1.06. The van der Waals surface area contributed by atoms with E-state index in [4.69, 9.17) is 0 Å². The Balaban J connectivity index is 1.77. The van der Waals surface area contributed by atoms with E-state index < -0.39 is 0 Å². The molecule has 2 aromatic rings. The summed E-state index contributed by atoms with van der Waals surface area (Å²) in [4.78, 5) is 2.50. The molecule has 0 bridgehead atoms. The van der Waals surface area contributed by atoms with Gasteiger partial charge in [0.1, 0.15) is 0 Å². The fraction of sp³-hybridized carbons (Fsp3) is 0.375.